The summed E-state index contributed by atoms with van der Waals surface area (Å²) in [5, 5.41) is 14.2. The summed E-state index contributed by atoms with van der Waals surface area (Å²) < 4.78 is 5.19. The van der Waals surface area contributed by atoms with Crippen LogP contribution >= 0.6 is 0 Å². The Morgan fingerprint density at radius 1 is 1.12 bits per heavy atom. The van der Waals surface area contributed by atoms with Gasteiger partial charge in [-0.15, -0.1) is 0 Å². The highest BCUT2D eigenvalue weighted by Crippen LogP contribution is 2.13. The maximum Gasteiger partial charge on any atom is 0.412 e. The number of rotatable bonds is 9. The average molecular weight is 457 g/mol. The SMILES string of the molecule is CN(CCCC(Cc1ccccc1)NC(=O)O)C(=O)c1ccc(NC(=O)OC(C)(C)C)cn1. The van der Waals surface area contributed by atoms with Crippen LogP contribution in [0.25, 0.3) is 0 Å². The van der Waals surface area contributed by atoms with E-state index in [1.807, 2.05) is 30.3 Å². The lowest BCUT2D eigenvalue weighted by Crippen LogP contribution is -2.36. The fraction of sp³-hybridized carbons (Fsp3) is 0.417. The van der Waals surface area contributed by atoms with Crippen LogP contribution in [0.15, 0.2) is 48.7 Å². The van der Waals surface area contributed by atoms with Crippen molar-refractivity contribution >= 4 is 23.8 Å². The molecule has 9 heteroatoms. The predicted molar refractivity (Wildman–Crippen MR) is 125 cm³/mol. The van der Waals surface area contributed by atoms with Gasteiger partial charge in [0.25, 0.3) is 5.91 Å². The maximum atomic E-state index is 12.7. The second-order valence-corrected chi connectivity index (χ2v) is 8.76. The van der Waals surface area contributed by atoms with E-state index in [0.717, 1.165) is 5.56 Å². The van der Waals surface area contributed by atoms with Gasteiger partial charge in [-0.3, -0.25) is 10.1 Å². The third kappa shape index (κ3) is 9.59. The van der Waals surface area contributed by atoms with Gasteiger partial charge in [0.1, 0.15) is 11.3 Å². The highest BCUT2D eigenvalue weighted by molar-refractivity contribution is 5.92. The Morgan fingerprint density at radius 2 is 1.82 bits per heavy atom. The molecule has 0 aliphatic heterocycles. The summed E-state index contributed by atoms with van der Waals surface area (Å²) in [6.07, 6.45) is 1.53. The van der Waals surface area contributed by atoms with Gasteiger partial charge in [-0.1, -0.05) is 30.3 Å². The minimum Gasteiger partial charge on any atom is -0.465 e. The Morgan fingerprint density at radius 3 is 2.39 bits per heavy atom. The molecule has 0 radical (unpaired) electrons. The molecule has 3 amide bonds. The number of ether oxygens (including phenoxy) is 1. The van der Waals surface area contributed by atoms with Crippen LogP contribution in [0.2, 0.25) is 0 Å². The number of carbonyl (C=O) groups excluding carboxylic acids is 2. The number of nitrogens with zero attached hydrogens (tertiary/aromatic N) is 2. The molecule has 1 unspecified atom stereocenters. The lowest BCUT2D eigenvalue weighted by atomic mass is 10.0. The number of anilines is 1. The Hall–Kier alpha value is -3.62. The van der Waals surface area contributed by atoms with Crippen LogP contribution in [-0.4, -0.2) is 58.3 Å². The zero-order valence-corrected chi connectivity index (χ0v) is 19.5. The molecular weight excluding hydrogens is 424 g/mol. The summed E-state index contributed by atoms with van der Waals surface area (Å²) in [6, 6.07) is 12.5. The molecule has 0 bridgehead atoms. The zero-order valence-electron chi connectivity index (χ0n) is 19.5. The third-order valence-corrected chi connectivity index (χ3v) is 4.67. The molecule has 1 heterocycles. The van der Waals surface area contributed by atoms with Crippen LogP contribution < -0.4 is 10.6 Å². The molecule has 1 aromatic heterocycles. The van der Waals surface area contributed by atoms with Crippen LogP contribution in [0.4, 0.5) is 15.3 Å². The average Bonchev–Trinajstić information content (AvgIpc) is 2.72. The second-order valence-electron chi connectivity index (χ2n) is 8.76. The second kappa shape index (κ2) is 11.8. The quantitative estimate of drug-likeness (QED) is 0.521. The first-order valence-corrected chi connectivity index (χ1v) is 10.8. The van der Waals surface area contributed by atoms with Crippen molar-refractivity contribution in [1.82, 2.24) is 15.2 Å². The monoisotopic (exact) mass is 456 g/mol. The van der Waals surface area contributed by atoms with Crippen molar-refractivity contribution in [2.75, 3.05) is 18.9 Å². The van der Waals surface area contributed by atoms with Crippen molar-refractivity contribution in [3.63, 3.8) is 0 Å². The lowest BCUT2D eigenvalue weighted by molar-refractivity contribution is 0.0635. The summed E-state index contributed by atoms with van der Waals surface area (Å²) in [5.41, 5.74) is 1.10. The molecular formula is C24H32N4O5. The van der Waals surface area contributed by atoms with Gasteiger partial charge in [0.2, 0.25) is 0 Å². The Balaban J connectivity index is 1.86. The molecule has 0 aliphatic rings. The summed E-state index contributed by atoms with van der Waals surface area (Å²) in [6.45, 7) is 5.75. The van der Waals surface area contributed by atoms with Gasteiger partial charge in [-0.05, 0) is 57.7 Å². The van der Waals surface area contributed by atoms with E-state index >= 15 is 0 Å². The van der Waals surface area contributed by atoms with Crippen LogP contribution in [0.5, 0.6) is 0 Å². The smallest absolute Gasteiger partial charge is 0.412 e. The molecule has 0 fully saturated rings. The van der Waals surface area contributed by atoms with E-state index < -0.39 is 17.8 Å². The number of pyridine rings is 1. The molecule has 0 saturated carbocycles. The van der Waals surface area contributed by atoms with E-state index in [2.05, 4.69) is 15.6 Å². The molecule has 1 atom stereocenters. The minimum atomic E-state index is -1.07. The number of amides is 3. The van der Waals surface area contributed by atoms with Crippen molar-refractivity contribution < 1.29 is 24.2 Å². The summed E-state index contributed by atoms with van der Waals surface area (Å²) >= 11 is 0. The highest BCUT2D eigenvalue weighted by atomic mass is 16.6. The number of hydrogen-bond acceptors (Lipinski definition) is 5. The van der Waals surface area contributed by atoms with Crippen molar-refractivity contribution in [2.24, 2.45) is 0 Å². The molecule has 2 aromatic rings. The molecule has 9 nitrogen and oxygen atoms in total. The van der Waals surface area contributed by atoms with Gasteiger partial charge in [0, 0.05) is 19.6 Å². The Kier molecular flexibility index (Phi) is 9.20. The normalized spacial score (nSPS) is 11.9. The van der Waals surface area contributed by atoms with Crippen molar-refractivity contribution in [3.8, 4) is 0 Å². The molecule has 1 aromatic carbocycles. The summed E-state index contributed by atoms with van der Waals surface area (Å²) in [7, 11) is 1.67. The summed E-state index contributed by atoms with van der Waals surface area (Å²) in [4.78, 5) is 41.3. The van der Waals surface area contributed by atoms with E-state index in [9.17, 15) is 14.4 Å². The largest absolute Gasteiger partial charge is 0.465 e. The van der Waals surface area contributed by atoms with Crippen molar-refractivity contribution in [1.29, 1.82) is 0 Å². The van der Waals surface area contributed by atoms with Gasteiger partial charge in [0.05, 0.1) is 11.9 Å². The van der Waals surface area contributed by atoms with E-state index in [4.69, 9.17) is 9.84 Å². The first kappa shape index (κ1) is 25.6. The van der Waals surface area contributed by atoms with Crippen molar-refractivity contribution in [3.05, 3.63) is 59.9 Å². The first-order valence-electron chi connectivity index (χ1n) is 10.8. The third-order valence-electron chi connectivity index (χ3n) is 4.67. The van der Waals surface area contributed by atoms with E-state index in [-0.39, 0.29) is 17.6 Å². The number of benzene rings is 1. The number of carboxylic acid groups (broad SMARTS) is 1. The Labute approximate surface area is 194 Å². The van der Waals surface area contributed by atoms with Crippen LogP contribution in [0.3, 0.4) is 0 Å². The first-order chi connectivity index (χ1) is 15.5. The van der Waals surface area contributed by atoms with Crippen molar-refractivity contribution in [2.45, 2.75) is 51.7 Å². The number of nitrogens with one attached hydrogen (secondary N) is 2. The lowest BCUT2D eigenvalue weighted by Gasteiger charge is -2.21. The van der Waals surface area contributed by atoms with Crippen LogP contribution in [0.1, 0.15) is 49.7 Å². The van der Waals surface area contributed by atoms with Crippen LogP contribution in [-0.2, 0) is 11.2 Å². The maximum absolute atomic E-state index is 12.7. The fourth-order valence-electron chi connectivity index (χ4n) is 3.19. The molecule has 178 valence electrons. The van der Waals surface area contributed by atoms with Gasteiger partial charge >= 0.3 is 12.2 Å². The molecule has 3 N–H and O–H groups in total. The molecule has 0 spiro atoms. The van der Waals surface area contributed by atoms with Gasteiger partial charge in [-0.2, -0.15) is 0 Å². The number of carbonyl (C=O) groups is 3. The standard InChI is InChI=1S/C24H32N4O5/c1-24(2,3)33-23(32)27-19-12-13-20(25-16-19)21(29)28(4)14-8-11-18(26-22(30)31)15-17-9-6-5-7-10-17/h5-7,9-10,12-13,16,18,26H,8,11,14-15H2,1-4H3,(H,27,32)(H,30,31). The van der Waals surface area contributed by atoms with E-state index in [0.29, 0.717) is 31.5 Å². The fourth-order valence-corrected chi connectivity index (χ4v) is 3.19. The van der Waals surface area contributed by atoms with E-state index in [1.54, 1.807) is 38.8 Å². The molecule has 0 aliphatic carbocycles. The highest BCUT2D eigenvalue weighted by Gasteiger charge is 2.18. The number of hydrogen-bond donors (Lipinski definition) is 3. The molecule has 33 heavy (non-hydrogen) atoms. The Bertz CT molecular complexity index is 926. The van der Waals surface area contributed by atoms with Gasteiger partial charge in [0.15, 0.2) is 0 Å². The van der Waals surface area contributed by atoms with Gasteiger partial charge < -0.3 is 20.1 Å². The van der Waals surface area contributed by atoms with Crippen LogP contribution in [0, 0.1) is 0 Å². The van der Waals surface area contributed by atoms with E-state index in [1.165, 1.54) is 12.3 Å². The zero-order chi connectivity index (χ0) is 24.4. The topological polar surface area (TPSA) is 121 Å². The minimum absolute atomic E-state index is 0.246. The summed E-state index contributed by atoms with van der Waals surface area (Å²) in [5.74, 6) is -0.260. The number of aromatic nitrogens is 1. The molecule has 2 rings (SSSR count). The van der Waals surface area contributed by atoms with Gasteiger partial charge in [-0.25, -0.2) is 14.6 Å². The predicted octanol–water partition coefficient (Wildman–Crippen LogP) is 4.16. The molecule has 0 saturated heterocycles.